The Morgan fingerprint density at radius 1 is 1.00 bits per heavy atom. The second-order valence-electron chi connectivity index (χ2n) is 19.5. The molecule has 2 aromatic carbocycles. The lowest BCUT2D eigenvalue weighted by molar-refractivity contribution is -0.217. The molecule has 59 heavy (non-hydrogen) atoms. The summed E-state index contributed by atoms with van der Waals surface area (Å²) in [5.74, 6) is -1.76. The molecule has 0 aromatic heterocycles. The van der Waals surface area contributed by atoms with Gasteiger partial charge in [0, 0.05) is 25.8 Å². The first-order chi connectivity index (χ1) is 28.2. The first kappa shape index (κ1) is 39.4. The zero-order chi connectivity index (χ0) is 41.1. The van der Waals surface area contributed by atoms with Crippen molar-refractivity contribution in [1.82, 2.24) is 15.7 Å². The molecule has 10 rings (SSSR count). The maximum atomic E-state index is 14.9. The molecule has 8 aliphatic rings. The van der Waals surface area contributed by atoms with Crippen molar-refractivity contribution in [3.8, 4) is 0 Å². The van der Waals surface area contributed by atoms with E-state index in [9.17, 15) is 24.6 Å². The summed E-state index contributed by atoms with van der Waals surface area (Å²) in [6, 6.07) is 13.8. The number of hydrogen-bond donors (Lipinski definition) is 4. The number of benzene rings is 2. The van der Waals surface area contributed by atoms with E-state index >= 15 is 0 Å². The fourth-order valence-corrected chi connectivity index (χ4v) is 12.1. The Labute approximate surface area is 345 Å². The van der Waals surface area contributed by atoms with E-state index in [0.29, 0.717) is 36.2 Å². The summed E-state index contributed by atoms with van der Waals surface area (Å²) >= 11 is 0. The Hall–Kier alpha value is -3.69. The van der Waals surface area contributed by atoms with E-state index < -0.39 is 71.6 Å². The van der Waals surface area contributed by atoms with Crippen LogP contribution in [0.4, 0.5) is 0 Å². The molecule has 12 atom stereocenters. The number of aliphatic hydroxyl groups is 2. The molecule has 316 valence electrons. The van der Waals surface area contributed by atoms with Crippen molar-refractivity contribution in [2.75, 3.05) is 13.2 Å². The fraction of sp³-hybridized carbons (Fsp3) is 0.630. The number of ether oxygens (including phenoxy) is 4. The second-order valence-corrected chi connectivity index (χ2v) is 19.5. The Kier molecular flexibility index (Phi) is 9.48. The second kappa shape index (κ2) is 14.2. The van der Waals surface area contributed by atoms with E-state index in [1.165, 1.54) is 25.3 Å². The molecule has 2 bridgehead atoms. The highest BCUT2D eigenvalue weighted by atomic mass is 16.8. The van der Waals surface area contributed by atoms with Gasteiger partial charge in [-0.25, -0.2) is 0 Å². The Bertz CT molecular complexity index is 2050. The lowest BCUT2D eigenvalue weighted by atomic mass is 9.52. The minimum absolute atomic E-state index is 0.00891. The van der Waals surface area contributed by atoms with Crippen molar-refractivity contribution in [3.63, 3.8) is 0 Å². The van der Waals surface area contributed by atoms with Crippen molar-refractivity contribution < 1.29 is 48.4 Å². The zero-order valence-electron chi connectivity index (χ0n) is 34.4. The predicted octanol–water partition coefficient (Wildman–Crippen LogP) is 3.52. The zero-order valence-corrected chi connectivity index (χ0v) is 34.4. The lowest BCUT2D eigenvalue weighted by Gasteiger charge is -2.53. The van der Waals surface area contributed by atoms with Crippen molar-refractivity contribution in [3.05, 3.63) is 76.4 Å². The van der Waals surface area contributed by atoms with E-state index in [2.05, 4.69) is 61.7 Å². The number of allylic oxidation sites excluding steroid dienone is 1. The van der Waals surface area contributed by atoms with E-state index in [4.69, 9.17) is 23.8 Å². The van der Waals surface area contributed by atoms with Crippen LogP contribution in [0.3, 0.4) is 0 Å². The van der Waals surface area contributed by atoms with Crippen LogP contribution in [0.5, 0.6) is 0 Å². The van der Waals surface area contributed by atoms with Crippen LogP contribution in [-0.2, 0) is 57.6 Å². The SMILES string of the molecule is CC(O)C(NC(=O)C12CC3OC(=O)C1N(Cc1cccc(C=C4CCC5OC5(C)CCC5C4CC5(C)C)c1)OC2C1OC2(Cc4ccccc4C2)OC31)C(=O)NCCO. The highest BCUT2D eigenvalue weighted by molar-refractivity contribution is 5.96. The molecule has 4 aliphatic heterocycles. The summed E-state index contributed by atoms with van der Waals surface area (Å²) in [4.78, 5) is 49.3. The molecule has 4 N–H and O–H groups in total. The number of hydrogen-bond acceptors (Lipinski definition) is 11. The molecular weight excluding hydrogens is 755 g/mol. The van der Waals surface area contributed by atoms with Gasteiger partial charge in [0.2, 0.25) is 11.8 Å². The third kappa shape index (κ3) is 6.49. The van der Waals surface area contributed by atoms with E-state index in [1.54, 1.807) is 5.06 Å². The quantitative estimate of drug-likeness (QED) is 0.216. The number of carbonyl (C=O) groups excluding carboxylic acids is 3. The summed E-state index contributed by atoms with van der Waals surface area (Å²) < 4.78 is 26.0. The van der Waals surface area contributed by atoms with Crippen LogP contribution in [0, 0.1) is 22.7 Å². The minimum atomic E-state index is -1.55. The van der Waals surface area contributed by atoms with Crippen LogP contribution in [0.15, 0.2) is 54.1 Å². The van der Waals surface area contributed by atoms with Crippen LogP contribution in [0.1, 0.15) is 88.5 Å². The lowest BCUT2D eigenvalue weighted by Crippen LogP contribution is -2.71. The Morgan fingerprint density at radius 2 is 1.76 bits per heavy atom. The molecule has 7 fully saturated rings. The predicted molar refractivity (Wildman–Crippen MR) is 213 cm³/mol. The van der Waals surface area contributed by atoms with Gasteiger partial charge in [-0.1, -0.05) is 74.0 Å². The average molecular weight is 812 g/mol. The van der Waals surface area contributed by atoms with Crippen LogP contribution >= 0.6 is 0 Å². The highest BCUT2D eigenvalue weighted by Gasteiger charge is 2.76. The average Bonchev–Trinajstić information content (AvgIpc) is 3.47. The Balaban J connectivity index is 0.965. The summed E-state index contributed by atoms with van der Waals surface area (Å²) in [5.41, 5.74) is 4.41. The molecule has 12 unspecified atom stereocenters. The van der Waals surface area contributed by atoms with Crippen molar-refractivity contribution >= 4 is 23.9 Å². The molecule has 13 nitrogen and oxygen atoms in total. The van der Waals surface area contributed by atoms with E-state index in [0.717, 1.165) is 41.5 Å². The van der Waals surface area contributed by atoms with Gasteiger partial charge in [0.25, 0.3) is 0 Å². The monoisotopic (exact) mass is 811 g/mol. The summed E-state index contributed by atoms with van der Waals surface area (Å²) in [5, 5.41) is 27.0. The molecule has 13 heteroatoms. The number of nitrogens with one attached hydrogen (secondary N) is 2. The molecule has 2 aromatic rings. The largest absolute Gasteiger partial charge is 0.458 e. The first-order valence-corrected chi connectivity index (χ1v) is 21.6. The van der Waals surface area contributed by atoms with Crippen molar-refractivity contribution in [2.24, 2.45) is 22.7 Å². The van der Waals surface area contributed by atoms with Gasteiger partial charge in [-0.05, 0) is 85.5 Å². The molecule has 2 amide bonds. The minimum Gasteiger partial charge on any atom is -0.458 e. The van der Waals surface area contributed by atoms with Gasteiger partial charge in [0.1, 0.15) is 35.9 Å². The van der Waals surface area contributed by atoms with Crippen LogP contribution < -0.4 is 10.6 Å². The van der Waals surface area contributed by atoms with Gasteiger partial charge >= 0.3 is 5.97 Å². The van der Waals surface area contributed by atoms with Gasteiger partial charge in [-0.2, -0.15) is 5.06 Å². The van der Waals surface area contributed by atoms with Crippen LogP contribution in [-0.4, -0.2) is 106 Å². The number of amides is 2. The third-order valence-corrected chi connectivity index (χ3v) is 15.2. The molecule has 3 saturated carbocycles. The number of fused-ring (bicyclic) bond motifs is 7. The highest BCUT2D eigenvalue weighted by Crippen LogP contribution is 2.61. The van der Waals surface area contributed by atoms with Crippen LogP contribution in [0.2, 0.25) is 0 Å². The van der Waals surface area contributed by atoms with Gasteiger partial charge in [-0.3, -0.25) is 19.2 Å². The maximum absolute atomic E-state index is 14.9. The summed E-state index contributed by atoms with van der Waals surface area (Å²) in [7, 11) is 0. The summed E-state index contributed by atoms with van der Waals surface area (Å²) in [6.45, 7) is 8.27. The van der Waals surface area contributed by atoms with Gasteiger partial charge in [0.15, 0.2) is 11.8 Å². The molecule has 0 radical (unpaired) electrons. The number of rotatable bonds is 9. The topological polar surface area (TPSA) is 168 Å². The Morgan fingerprint density at radius 3 is 2.49 bits per heavy atom. The standard InChI is InChI=1S/C46H57N3O10/c1-25(51)35(40(52)47-16-17-50)48-42(54)46-23-33-36-37(58-45(57-36)20-29-10-5-6-11-30(29)21-45)39(46)59-49(38(46)41(53)55-33)24-27-9-7-8-26(18-27)19-28-12-13-34-44(4,56-34)15-14-32-31(28)22-43(32,2)3/h5-11,18-19,25,31-39,50-51H,12-17,20-24H2,1-4H3,(H,47,52)(H,48,54). The van der Waals surface area contributed by atoms with Gasteiger partial charge < -0.3 is 39.8 Å². The first-order valence-electron chi connectivity index (χ1n) is 21.6. The number of aliphatic hydroxyl groups excluding tert-OH is 2. The van der Waals surface area contributed by atoms with E-state index in [1.807, 2.05) is 24.3 Å². The molecule has 1 spiro atoms. The maximum Gasteiger partial charge on any atom is 0.327 e. The molecule has 4 heterocycles. The number of epoxide rings is 1. The third-order valence-electron chi connectivity index (χ3n) is 15.2. The van der Waals surface area contributed by atoms with Gasteiger partial charge in [-0.15, -0.1) is 0 Å². The molecular formula is C46H57N3O10. The number of carbonyl (C=O) groups is 3. The van der Waals surface area contributed by atoms with Crippen molar-refractivity contribution in [2.45, 2.75) is 146 Å². The number of esters is 1. The van der Waals surface area contributed by atoms with Crippen molar-refractivity contribution in [1.29, 1.82) is 0 Å². The van der Waals surface area contributed by atoms with Gasteiger partial charge in [0.05, 0.1) is 31.0 Å². The van der Waals surface area contributed by atoms with Crippen LogP contribution in [0.25, 0.3) is 6.08 Å². The normalized spacial score (nSPS) is 38.6. The smallest absolute Gasteiger partial charge is 0.327 e. The fourth-order valence-electron chi connectivity index (χ4n) is 12.1. The summed E-state index contributed by atoms with van der Waals surface area (Å²) in [6.07, 6.45) is 4.66. The number of hydroxylamine groups is 2. The van der Waals surface area contributed by atoms with E-state index in [-0.39, 0.29) is 31.7 Å². The molecule has 4 aliphatic carbocycles. The molecule has 4 saturated heterocycles. The number of nitrogens with zero attached hydrogens (tertiary/aromatic N) is 1.